The number of sulfonamides is 1. The van der Waals surface area contributed by atoms with Crippen molar-refractivity contribution in [1.29, 1.82) is 0 Å². The van der Waals surface area contributed by atoms with Crippen molar-refractivity contribution in [2.24, 2.45) is 0 Å². The Morgan fingerprint density at radius 1 is 1.14 bits per heavy atom. The molecule has 0 fully saturated rings. The average Bonchev–Trinajstić information content (AvgIpc) is 2.78. The van der Waals surface area contributed by atoms with E-state index in [-0.39, 0.29) is 21.4 Å². The molecule has 21 heavy (non-hydrogen) atoms. The third kappa shape index (κ3) is 3.39. The van der Waals surface area contributed by atoms with Gasteiger partial charge in [-0.15, -0.1) is 11.3 Å². The minimum atomic E-state index is -4.21. The highest BCUT2D eigenvalue weighted by molar-refractivity contribution is 9.11. The fraction of sp³-hybridized carbons (Fsp3) is 0.0909. The lowest BCUT2D eigenvalue weighted by molar-refractivity contribution is 0.285. The zero-order chi connectivity index (χ0) is 15.8. The SMILES string of the molecule is O=S(=O)(Nc1cc(F)c(F)cc1F)c1cc(CO)sc1Br. The summed E-state index contributed by atoms with van der Waals surface area (Å²) in [6.45, 7) is -0.363. The third-order valence-corrected chi connectivity index (χ3v) is 6.01. The van der Waals surface area contributed by atoms with Gasteiger partial charge in [0.15, 0.2) is 11.6 Å². The minimum Gasteiger partial charge on any atom is -0.391 e. The van der Waals surface area contributed by atoms with Crippen LogP contribution in [0, 0.1) is 17.5 Å². The van der Waals surface area contributed by atoms with E-state index >= 15 is 0 Å². The fourth-order valence-electron chi connectivity index (χ4n) is 1.46. The van der Waals surface area contributed by atoms with E-state index in [4.69, 9.17) is 5.11 Å². The van der Waals surface area contributed by atoms with Crippen LogP contribution >= 0.6 is 27.3 Å². The Labute approximate surface area is 130 Å². The van der Waals surface area contributed by atoms with Gasteiger partial charge in [-0.25, -0.2) is 21.6 Å². The molecule has 0 aliphatic heterocycles. The summed E-state index contributed by atoms with van der Waals surface area (Å²) in [5, 5.41) is 8.96. The summed E-state index contributed by atoms with van der Waals surface area (Å²) in [6.07, 6.45) is 0. The number of aliphatic hydroxyl groups excluding tert-OH is 1. The summed E-state index contributed by atoms with van der Waals surface area (Å²) < 4.78 is 65.6. The van der Waals surface area contributed by atoms with E-state index < -0.39 is 33.2 Å². The molecule has 0 radical (unpaired) electrons. The van der Waals surface area contributed by atoms with E-state index in [2.05, 4.69) is 15.9 Å². The number of aliphatic hydroxyl groups is 1. The van der Waals surface area contributed by atoms with Gasteiger partial charge in [0.05, 0.1) is 16.1 Å². The third-order valence-electron chi connectivity index (χ3n) is 2.41. The molecule has 4 nitrogen and oxygen atoms in total. The monoisotopic (exact) mass is 401 g/mol. The van der Waals surface area contributed by atoms with Crippen molar-refractivity contribution in [2.75, 3.05) is 4.72 Å². The maximum Gasteiger partial charge on any atom is 0.263 e. The predicted molar refractivity (Wildman–Crippen MR) is 75.1 cm³/mol. The molecule has 0 bridgehead atoms. The van der Waals surface area contributed by atoms with Crippen LogP contribution in [0.3, 0.4) is 0 Å². The summed E-state index contributed by atoms with van der Waals surface area (Å²) >= 11 is 3.99. The summed E-state index contributed by atoms with van der Waals surface area (Å²) in [5.41, 5.74) is -0.711. The molecular weight excluding hydrogens is 395 g/mol. The van der Waals surface area contributed by atoms with Crippen molar-refractivity contribution >= 4 is 43.0 Å². The smallest absolute Gasteiger partial charge is 0.263 e. The highest BCUT2D eigenvalue weighted by Gasteiger charge is 2.23. The molecule has 10 heteroatoms. The van der Waals surface area contributed by atoms with Crippen molar-refractivity contribution in [3.05, 3.63) is 44.3 Å². The normalized spacial score (nSPS) is 11.7. The molecule has 2 rings (SSSR count). The molecule has 0 saturated heterocycles. The van der Waals surface area contributed by atoms with Gasteiger partial charge in [-0.3, -0.25) is 4.72 Å². The number of rotatable bonds is 4. The van der Waals surface area contributed by atoms with E-state index in [9.17, 15) is 21.6 Å². The van der Waals surface area contributed by atoms with Gasteiger partial charge < -0.3 is 5.11 Å². The summed E-state index contributed by atoms with van der Waals surface area (Å²) in [6, 6.07) is 1.85. The van der Waals surface area contributed by atoms with E-state index in [0.29, 0.717) is 10.9 Å². The van der Waals surface area contributed by atoms with Crippen LogP contribution in [0.15, 0.2) is 26.9 Å². The lowest BCUT2D eigenvalue weighted by atomic mass is 10.3. The van der Waals surface area contributed by atoms with Gasteiger partial charge in [-0.2, -0.15) is 0 Å². The van der Waals surface area contributed by atoms with Crippen LogP contribution in [0.25, 0.3) is 0 Å². The van der Waals surface area contributed by atoms with Gasteiger partial charge in [-0.1, -0.05) is 0 Å². The van der Waals surface area contributed by atoms with Gasteiger partial charge in [0.25, 0.3) is 10.0 Å². The van der Waals surface area contributed by atoms with Crippen molar-refractivity contribution < 1.29 is 26.7 Å². The van der Waals surface area contributed by atoms with Crippen LogP contribution in [-0.4, -0.2) is 13.5 Å². The minimum absolute atomic E-state index is 0.196. The number of hydrogen-bond acceptors (Lipinski definition) is 4. The van der Waals surface area contributed by atoms with Crippen molar-refractivity contribution in [3.63, 3.8) is 0 Å². The Morgan fingerprint density at radius 2 is 1.76 bits per heavy atom. The average molecular weight is 402 g/mol. The lowest BCUT2D eigenvalue weighted by Gasteiger charge is -2.08. The van der Waals surface area contributed by atoms with Crippen LogP contribution in [0.5, 0.6) is 0 Å². The van der Waals surface area contributed by atoms with Crippen LogP contribution in [0.2, 0.25) is 0 Å². The lowest BCUT2D eigenvalue weighted by Crippen LogP contribution is -2.14. The number of benzene rings is 1. The second kappa shape index (κ2) is 5.95. The molecule has 0 spiro atoms. The molecule has 0 atom stereocenters. The summed E-state index contributed by atoms with van der Waals surface area (Å²) in [5.74, 6) is -4.05. The molecule has 2 aromatic rings. The summed E-state index contributed by atoms with van der Waals surface area (Å²) in [7, 11) is -4.21. The van der Waals surface area contributed by atoms with Crippen molar-refractivity contribution in [1.82, 2.24) is 0 Å². The van der Waals surface area contributed by atoms with Crippen LogP contribution in [0.1, 0.15) is 4.88 Å². The van der Waals surface area contributed by atoms with E-state index in [0.717, 1.165) is 11.3 Å². The van der Waals surface area contributed by atoms with Gasteiger partial charge in [0.1, 0.15) is 10.7 Å². The zero-order valence-electron chi connectivity index (χ0n) is 10.0. The molecule has 1 heterocycles. The van der Waals surface area contributed by atoms with E-state index in [1.807, 2.05) is 4.72 Å². The van der Waals surface area contributed by atoms with E-state index in [1.54, 1.807) is 0 Å². The Morgan fingerprint density at radius 3 is 2.33 bits per heavy atom. The molecule has 0 unspecified atom stereocenters. The second-order valence-corrected chi connectivity index (χ2v) is 7.97. The molecule has 1 aromatic heterocycles. The highest BCUT2D eigenvalue weighted by atomic mass is 79.9. The first-order valence-electron chi connectivity index (χ1n) is 5.31. The molecule has 0 saturated carbocycles. The Hall–Kier alpha value is -1.10. The van der Waals surface area contributed by atoms with Gasteiger partial charge in [0.2, 0.25) is 0 Å². The molecule has 1 aromatic carbocycles. The van der Waals surface area contributed by atoms with E-state index in [1.165, 1.54) is 6.07 Å². The quantitative estimate of drug-likeness (QED) is 0.772. The van der Waals surface area contributed by atoms with Crippen molar-refractivity contribution in [2.45, 2.75) is 11.5 Å². The Bertz CT molecular complexity index is 792. The first kappa shape index (κ1) is 16.3. The largest absolute Gasteiger partial charge is 0.391 e. The van der Waals surface area contributed by atoms with Gasteiger partial charge in [-0.05, 0) is 22.0 Å². The molecule has 2 N–H and O–H groups in total. The molecule has 0 amide bonds. The molecular formula is C11H7BrF3NO3S2. The van der Waals surface area contributed by atoms with Crippen LogP contribution < -0.4 is 4.72 Å². The highest BCUT2D eigenvalue weighted by Crippen LogP contribution is 2.33. The molecule has 114 valence electrons. The first-order chi connectivity index (χ1) is 9.74. The van der Waals surface area contributed by atoms with Gasteiger partial charge in [0, 0.05) is 17.0 Å². The molecule has 0 aliphatic rings. The Kier molecular flexibility index (Phi) is 4.61. The maximum atomic E-state index is 13.5. The second-order valence-electron chi connectivity index (χ2n) is 3.86. The number of anilines is 1. The van der Waals surface area contributed by atoms with Crippen LogP contribution in [0.4, 0.5) is 18.9 Å². The van der Waals surface area contributed by atoms with Crippen molar-refractivity contribution in [3.8, 4) is 0 Å². The Balaban J connectivity index is 2.42. The standard InChI is InChI=1S/C11H7BrF3NO3S2/c12-11-10(1-5(4-17)20-11)21(18,19)16-9-3-7(14)6(13)2-8(9)15/h1-3,16-17H,4H2. The predicted octanol–water partition coefficient (Wildman–Crippen LogP) is 3.22. The number of thiophene rings is 1. The van der Waals surface area contributed by atoms with Crippen LogP contribution in [-0.2, 0) is 16.6 Å². The first-order valence-corrected chi connectivity index (χ1v) is 8.40. The fourth-order valence-corrected chi connectivity index (χ4v) is 5.06. The number of hydrogen-bond donors (Lipinski definition) is 2. The topological polar surface area (TPSA) is 66.4 Å². The summed E-state index contributed by atoms with van der Waals surface area (Å²) in [4.78, 5) is 0.133. The number of nitrogens with one attached hydrogen (secondary N) is 1. The van der Waals surface area contributed by atoms with Gasteiger partial charge >= 0.3 is 0 Å². The molecule has 0 aliphatic carbocycles. The number of halogens is 4. The zero-order valence-corrected chi connectivity index (χ0v) is 13.3. The maximum absolute atomic E-state index is 13.5.